The summed E-state index contributed by atoms with van der Waals surface area (Å²) in [5.74, 6) is -0.232. The highest BCUT2D eigenvalue weighted by Gasteiger charge is 2.26. The lowest BCUT2D eigenvalue weighted by Gasteiger charge is -2.34. The van der Waals surface area contributed by atoms with Gasteiger partial charge in [0.15, 0.2) is 0 Å². The van der Waals surface area contributed by atoms with E-state index in [0.717, 1.165) is 0 Å². The Morgan fingerprint density at radius 3 is 2.12 bits per heavy atom. The Kier molecular flexibility index (Phi) is 5.53. The van der Waals surface area contributed by atoms with Crippen LogP contribution in [0.5, 0.6) is 0 Å². The third-order valence-corrected chi connectivity index (χ3v) is 5.60. The topological polar surface area (TPSA) is 86.8 Å². The smallest absolute Gasteiger partial charge is 0.254 e. The molecule has 1 heterocycles. The van der Waals surface area contributed by atoms with Crippen molar-refractivity contribution >= 4 is 21.8 Å². The molecule has 0 atom stereocenters. The quantitative estimate of drug-likeness (QED) is 0.866. The predicted octanol–water partition coefficient (Wildman–Crippen LogP) is 1.07. The number of piperazine rings is 1. The van der Waals surface area contributed by atoms with Gasteiger partial charge >= 0.3 is 0 Å². The van der Waals surface area contributed by atoms with Crippen molar-refractivity contribution in [2.45, 2.75) is 38.1 Å². The maximum Gasteiger partial charge on any atom is 0.254 e. The van der Waals surface area contributed by atoms with Crippen molar-refractivity contribution in [3.05, 3.63) is 29.8 Å². The van der Waals surface area contributed by atoms with Gasteiger partial charge in [-0.2, -0.15) is 0 Å². The number of nitrogens with one attached hydrogen (secondary N) is 1. The zero-order valence-electron chi connectivity index (χ0n) is 15.1. The number of sulfonamides is 1. The van der Waals surface area contributed by atoms with Gasteiger partial charge in [0.25, 0.3) is 5.91 Å². The van der Waals surface area contributed by atoms with Crippen LogP contribution in [-0.4, -0.2) is 61.7 Å². The Hall–Kier alpha value is -1.93. The number of carbonyl (C=O) groups excluding carboxylic acids is 2. The van der Waals surface area contributed by atoms with Crippen LogP contribution in [-0.2, 0) is 14.8 Å². The molecule has 25 heavy (non-hydrogen) atoms. The molecule has 0 radical (unpaired) electrons. The average Bonchev–Trinajstić information content (AvgIpc) is 2.52. The lowest BCUT2D eigenvalue weighted by molar-refractivity contribution is -0.130. The minimum atomic E-state index is -3.70. The molecule has 1 aromatic rings. The van der Waals surface area contributed by atoms with Crippen LogP contribution in [0, 0.1) is 0 Å². The van der Waals surface area contributed by atoms with Crippen LogP contribution < -0.4 is 4.72 Å². The molecule has 1 N–H and O–H groups in total. The van der Waals surface area contributed by atoms with E-state index in [1.807, 2.05) is 0 Å². The summed E-state index contributed by atoms with van der Waals surface area (Å²) in [6.07, 6.45) is 0. The maximum absolute atomic E-state index is 12.6. The molecule has 2 amide bonds. The number of rotatable bonds is 3. The lowest BCUT2D eigenvalue weighted by Crippen LogP contribution is -2.50. The molecule has 0 aromatic heterocycles. The molecular weight excluding hydrogens is 342 g/mol. The second kappa shape index (κ2) is 7.13. The molecule has 138 valence electrons. The molecule has 0 unspecified atom stereocenters. The molecule has 8 heteroatoms. The minimum absolute atomic E-state index is 0.00607. The molecule has 1 saturated heterocycles. The molecule has 0 bridgehead atoms. The number of hydrogen-bond acceptors (Lipinski definition) is 4. The van der Waals surface area contributed by atoms with Crippen molar-refractivity contribution in [2.24, 2.45) is 0 Å². The van der Waals surface area contributed by atoms with E-state index in [-0.39, 0.29) is 16.7 Å². The number of nitrogens with zero attached hydrogens (tertiary/aromatic N) is 2. The third kappa shape index (κ3) is 5.02. The normalized spacial score (nSPS) is 16.0. The summed E-state index contributed by atoms with van der Waals surface area (Å²) in [5, 5.41) is 0. The number of amides is 2. The molecular formula is C17H25N3O4S. The molecule has 1 aliphatic rings. The highest BCUT2D eigenvalue weighted by Crippen LogP contribution is 2.16. The number of benzene rings is 1. The first-order chi connectivity index (χ1) is 11.5. The zero-order chi connectivity index (χ0) is 18.8. The maximum atomic E-state index is 12.6. The first kappa shape index (κ1) is 19.4. The summed E-state index contributed by atoms with van der Waals surface area (Å²) in [4.78, 5) is 27.4. The Bertz CT molecular complexity index is 760. The fraction of sp³-hybridized carbons (Fsp3) is 0.529. The average molecular weight is 367 g/mol. The van der Waals surface area contributed by atoms with Crippen molar-refractivity contribution in [3.63, 3.8) is 0 Å². The molecule has 1 fully saturated rings. The minimum Gasteiger partial charge on any atom is -0.339 e. The monoisotopic (exact) mass is 367 g/mol. The van der Waals surface area contributed by atoms with Gasteiger partial charge in [-0.1, -0.05) is 6.07 Å². The molecule has 0 aliphatic carbocycles. The van der Waals surface area contributed by atoms with Crippen LogP contribution in [0.2, 0.25) is 0 Å². The van der Waals surface area contributed by atoms with Gasteiger partial charge in [-0.3, -0.25) is 9.59 Å². The fourth-order valence-corrected chi connectivity index (χ4v) is 4.13. The lowest BCUT2D eigenvalue weighted by atomic mass is 10.1. The predicted molar refractivity (Wildman–Crippen MR) is 94.7 cm³/mol. The summed E-state index contributed by atoms with van der Waals surface area (Å²) in [6, 6.07) is 6.04. The highest BCUT2D eigenvalue weighted by atomic mass is 32.2. The summed E-state index contributed by atoms with van der Waals surface area (Å²) < 4.78 is 27.5. The summed E-state index contributed by atoms with van der Waals surface area (Å²) in [5.41, 5.74) is -0.282. The van der Waals surface area contributed by atoms with Crippen LogP contribution in [0.25, 0.3) is 0 Å². The van der Waals surface area contributed by atoms with E-state index in [1.165, 1.54) is 19.1 Å². The fourth-order valence-electron chi connectivity index (χ4n) is 2.67. The van der Waals surface area contributed by atoms with Gasteiger partial charge in [-0.25, -0.2) is 13.1 Å². The first-order valence-corrected chi connectivity index (χ1v) is 9.67. The molecule has 1 aliphatic heterocycles. The van der Waals surface area contributed by atoms with Crippen LogP contribution in [0.1, 0.15) is 38.1 Å². The Morgan fingerprint density at radius 1 is 1.04 bits per heavy atom. The summed E-state index contributed by atoms with van der Waals surface area (Å²) in [6.45, 7) is 8.64. The molecule has 2 rings (SSSR count). The highest BCUT2D eigenvalue weighted by molar-refractivity contribution is 7.89. The van der Waals surface area contributed by atoms with Crippen LogP contribution in [0.4, 0.5) is 0 Å². The van der Waals surface area contributed by atoms with Gasteiger partial charge in [-0.15, -0.1) is 0 Å². The van der Waals surface area contributed by atoms with E-state index < -0.39 is 15.6 Å². The molecule has 7 nitrogen and oxygen atoms in total. The van der Waals surface area contributed by atoms with E-state index in [0.29, 0.717) is 31.7 Å². The molecule has 0 spiro atoms. The van der Waals surface area contributed by atoms with E-state index in [1.54, 1.807) is 42.7 Å². The van der Waals surface area contributed by atoms with E-state index in [9.17, 15) is 18.0 Å². The Balaban J connectivity index is 2.16. The van der Waals surface area contributed by atoms with Gasteiger partial charge in [-0.05, 0) is 39.0 Å². The van der Waals surface area contributed by atoms with Crippen molar-refractivity contribution in [2.75, 3.05) is 26.2 Å². The number of carbonyl (C=O) groups is 2. The van der Waals surface area contributed by atoms with Crippen molar-refractivity contribution in [1.29, 1.82) is 0 Å². The van der Waals surface area contributed by atoms with E-state index in [4.69, 9.17) is 0 Å². The molecule has 0 saturated carbocycles. The second-order valence-electron chi connectivity index (χ2n) is 7.18. The standard InChI is InChI=1S/C17H25N3O4S/c1-13(21)19-8-10-20(11-9-19)16(22)14-6-5-7-15(12-14)25(23,24)18-17(2,3)4/h5-7,12,18H,8-11H2,1-4H3. The Morgan fingerprint density at radius 2 is 1.60 bits per heavy atom. The van der Waals surface area contributed by atoms with Gasteiger partial charge < -0.3 is 9.80 Å². The van der Waals surface area contributed by atoms with Crippen molar-refractivity contribution in [3.8, 4) is 0 Å². The SMILES string of the molecule is CC(=O)N1CCN(C(=O)c2cccc(S(=O)(=O)NC(C)(C)C)c2)CC1. The van der Waals surface area contributed by atoms with Gasteiger partial charge in [0.1, 0.15) is 0 Å². The van der Waals surface area contributed by atoms with Crippen LogP contribution in [0.15, 0.2) is 29.2 Å². The first-order valence-electron chi connectivity index (χ1n) is 8.18. The number of hydrogen-bond donors (Lipinski definition) is 1. The van der Waals surface area contributed by atoms with E-state index in [2.05, 4.69) is 4.72 Å². The largest absolute Gasteiger partial charge is 0.339 e. The van der Waals surface area contributed by atoms with Crippen molar-refractivity contribution < 1.29 is 18.0 Å². The van der Waals surface area contributed by atoms with Crippen LogP contribution >= 0.6 is 0 Å². The zero-order valence-corrected chi connectivity index (χ0v) is 15.9. The summed E-state index contributed by atoms with van der Waals surface area (Å²) in [7, 11) is -3.70. The van der Waals surface area contributed by atoms with Crippen LogP contribution in [0.3, 0.4) is 0 Å². The second-order valence-corrected chi connectivity index (χ2v) is 8.86. The van der Waals surface area contributed by atoms with Crippen molar-refractivity contribution in [1.82, 2.24) is 14.5 Å². The Labute approximate surface area is 149 Å². The van der Waals surface area contributed by atoms with Gasteiger partial charge in [0.05, 0.1) is 4.90 Å². The molecule has 1 aromatic carbocycles. The van der Waals surface area contributed by atoms with E-state index >= 15 is 0 Å². The van der Waals surface area contributed by atoms with Gasteiger partial charge in [0.2, 0.25) is 15.9 Å². The summed E-state index contributed by atoms with van der Waals surface area (Å²) >= 11 is 0. The third-order valence-electron chi connectivity index (χ3n) is 3.84. The van der Waals surface area contributed by atoms with Gasteiger partial charge in [0, 0.05) is 44.2 Å².